The van der Waals surface area contributed by atoms with Gasteiger partial charge in [-0.15, -0.1) is 0 Å². The second kappa shape index (κ2) is 8.27. The Morgan fingerprint density at radius 1 is 1.42 bits per heavy atom. The number of carbonyl (C=O) groups is 1. The maximum absolute atomic E-state index is 10.7. The van der Waals surface area contributed by atoms with Crippen LogP contribution in [-0.4, -0.2) is 25.5 Å². The largest absolute Gasteiger partial charge is 0.353 e. The molecule has 0 aromatic heterocycles. The monoisotopic (exact) mass is 170 g/mol. The molecule has 0 aliphatic heterocycles. The SMILES string of the molecule is C=CC(=O)NCCCNCCC. The maximum atomic E-state index is 10.7. The Hall–Kier alpha value is -0.830. The lowest BCUT2D eigenvalue weighted by atomic mass is 10.4. The molecule has 12 heavy (non-hydrogen) atoms. The summed E-state index contributed by atoms with van der Waals surface area (Å²) < 4.78 is 0. The number of rotatable bonds is 7. The summed E-state index contributed by atoms with van der Waals surface area (Å²) in [4.78, 5) is 10.7. The first-order valence-electron chi connectivity index (χ1n) is 4.42. The zero-order valence-electron chi connectivity index (χ0n) is 7.73. The fourth-order valence-electron chi connectivity index (χ4n) is 0.799. The third-order valence-corrected chi connectivity index (χ3v) is 1.44. The Bertz CT molecular complexity index is 134. The molecule has 0 rings (SSSR count). The van der Waals surface area contributed by atoms with Crippen LogP contribution >= 0.6 is 0 Å². The van der Waals surface area contributed by atoms with Gasteiger partial charge in [0.2, 0.25) is 5.91 Å². The van der Waals surface area contributed by atoms with Crippen molar-refractivity contribution in [2.75, 3.05) is 19.6 Å². The number of nitrogens with one attached hydrogen (secondary N) is 2. The summed E-state index contributed by atoms with van der Waals surface area (Å²) in [5, 5.41) is 5.96. The van der Waals surface area contributed by atoms with Crippen LogP contribution in [0.3, 0.4) is 0 Å². The summed E-state index contributed by atoms with van der Waals surface area (Å²) in [6.07, 6.45) is 3.41. The first kappa shape index (κ1) is 11.2. The Kier molecular flexibility index (Phi) is 7.70. The first-order chi connectivity index (χ1) is 5.81. The predicted octanol–water partition coefficient (Wildman–Crippen LogP) is 0.678. The molecule has 0 aliphatic carbocycles. The summed E-state index contributed by atoms with van der Waals surface area (Å²) in [5.74, 6) is -0.0921. The van der Waals surface area contributed by atoms with Gasteiger partial charge in [0.15, 0.2) is 0 Å². The first-order valence-corrected chi connectivity index (χ1v) is 4.42. The second-order valence-electron chi connectivity index (χ2n) is 2.60. The lowest BCUT2D eigenvalue weighted by Crippen LogP contribution is -2.25. The van der Waals surface area contributed by atoms with Crippen molar-refractivity contribution >= 4 is 5.91 Å². The molecule has 0 heterocycles. The van der Waals surface area contributed by atoms with Crippen LogP contribution in [0, 0.1) is 0 Å². The average molecular weight is 170 g/mol. The van der Waals surface area contributed by atoms with Crippen LogP contribution < -0.4 is 10.6 Å². The predicted molar refractivity (Wildman–Crippen MR) is 51.0 cm³/mol. The van der Waals surface area contributed by atoms with E-state index in [1.54, 1.807) is 0 Å². The molecule has 0 aromatic carbocycles. The summed E-state index contributed by atoms with van der Waals surface area (Å²) in [6, 6.07) is 0. The molecule has 0 aliphatic rings. The molecule has 2 N–H and O–H groups in total. The van der Waals surface area contributed by atoms with Gasteiger partial charge in [0, 0.05) is 6.54 Å². The van der Waals surface area contributed by atoms with Crippen LogP contribution in [0.5, 0.6) is 0 Å². The fraction of sp³-hybridized carbons (Fsp3) is 0.667. The van der Waals surface area contributed by atoms with Gasteiger partial charge in [0.25, 0.3) is 0 Å². The zero-order valence-corrected chi connectivity index (χ0v) is 7.73. The molecule has 0 bridgehead atoms. The Balaban J connectivity index is 3.00. The number of amides is 1. The van der Waals surface area contributed by atoms with Gasteiger partial charge in [0.05, 0.1) is 0 Å². The van der Waals surface area contributed by atoms with Crippen molar-refractivity contribution in [1.82, 2.24) is 10.6 Å². The standard InChI is InChI=1S/C9H18N2O/c1-3-6-10-7-5-8-11-9(12)4-2/h4,10H,2-3,5-8H2,1H3,(H,11,12). The molecule has 0 fully saturated rings. The Morgan fingerprint density at radius 2 is 2.17 bits per heavy atom. The van der Waals surface area contributed by atoms with Gasteiger partial charge in [-0.2, -0.15) is 0 Å². The molecule has 0 unspecified atom stereocenters. The quantitative estimate of drug-likeness (QED) is 0.436. The highest BCUT2D eigenvalue weighted by Gasteiger charge is 1.91. The van der Waals surface area contributed by atoms with Gasteiger partial charge in [0.1, 0.15) is 0 Å². The molecule has 0 saturated carbocycles. The van der Waals surface area contributed by atoms with Crippen LogP contribution in [0.15, 0.2) is 12.7 Å². The van der Waals surface area contributed by atoms with Gasteiger partial charge in [-0.05, 0) is 32.0 Å². The summed E-state index contributed by atoms with van der Waals surface area (Å²) in [5.41, 5.74) is 0. The van der Waals surface area contributed by atoms with E-state index in [0.717, 1.165) is 32.5 Å². The molecular weight excluding hydrogens is 152 g/mol. The Morgan fingerprint density at radius 3 is 2.75 bits per heavy atom. The topological polar surface area (TPSA) is 41.1 Å². The van der Waals surface area contributed by atoms with E-state index in [0.29, 0.717) is 0 Å². The van der Waals surface area contributed by atoms with E-state index < -0.39 is 0 Å². The van der Waals surface area contributed by atoms with Crippen molar-refractivity contribution < 1.29 is 4.79 Å². The summed E-state index contributed by atoms with van der Waals surface area (Å²) in [6.45, 7) is 8.23. The van der Waals surface area contributed by atoms with Crippen molar-refractivity contribution in [1.29, 1.82) is 0 Å². The van der Waals surface area contributed by atoms with Gasteiger partial charge in [-0.25, -0.2) is 0 Å². The summed E-state index contributed by atoms with van der Waals surface area (Å²) >= 11 is 0. The number of hydrogen-bond acceptors (Lipinski definition) is 2. The van der Waals surface area contributed by atoms with E-state index >= 15 is 0 Å². The normalized spacial score (nSPS) is 9.42. The van der Waals surface area contributed by atoms with Crippen LogP contribution in [0.1, 0.15) is 19.8 Å². The van der Waals surface area contributed by atoms with Crippen molar-refractivity contribution in [3.8, 4) is 0 Å². The van der Waals surface area contributed by atoms with Crippen molar-refractivity contribution in [3.05, 3.63) is 12.7 Å². The van der Waals surface area contributed by atoms with Crippen LogP contribution in [0.2, 0.25) is 0 Å². The van der Waals surface area contributed by atoms with E-state index in [1.807, 2.05) is 0 Å². The van der Waals surface area contributed by atoms with E-state index in [4.69, 9.17) is 0 Å². The van der Waals surface area contributed by atoms with E-state index in [-0.39, 0.29) is 5.91 Å². The zero-order chi connectivity index (χ0) is 9.23. The van der Waals surface area contributed by atoms with Crippen LogP contribution in [-0.2, 0) is 4.79 Å². The van der Waals surface area contributed by atoms with Crippen LogP contribution in [0.4, 0.5) is 0 Å². The van der Waals surface area contributed by atoms with E-state index in [9.17, 15) is 4.79 Å². The van der Waals surface area contributed by atoms with Gasteiger partial charge >= 0.3 is 0 Å². The molecular formula is C9H18N2O. The molecule has 0 radical (unpaired) electrons. The minimum absolute atomic E-state index is 0.0921. The minimum atomic E-state index is -0.0921. The second-order valence-corrected chi connectivity index (χ2v) is 2.60. The maximum Gasteiger partial charge on any atom is 0.243 e. The van der Waals surface area contributed by atoms with Crippen molar-refractivity contribution in [2.24, 2.45) is 0 Å². The molecule has 70 valence electrons. The van der Waals surface area contributed by atoms with Gasteiger partial charge in [-0.1, -0.05) is 13.5 Å². The highest BCUT2D eigenvalue weighted by atomic mass is 16.1. The van der Waals surface area contributed by atoms with Crippen molar-refractivity contribution in [3.63, 3.8) is 0 Å². The smallest absolute Gasteiger partial charge is 0.243 e. The average Bonchev–Trinajstić information content (AvgIpc) is 2.10. The molecule has 0 spiro atoms. The highest BCUT2D eigenvalue weighted by molar-refractivity contribution is 5.86. The fourth-order valence-corrected chi connectivity index (χ4v) is 0.799. The number of carbonyl (C=O) groups excluding carboxylic acids is 1. The molecule has 3 nitrogen and oxygen atoms in total. The highest BCUT2D eigenvalue weighted by Crippen LogP contribution is 1.76. The van der Waals surface area contributed by atoms with Crippen molar-refractivity contribution in [2.45, 2.75) is 19.8 Å². The minimum Gasteiger partial charge on any atom is -0.353 e. The van der Waals surface area contributed by atoms with Gasteiger partial charge in [-0.3, -0.25) is 4.79 Å². The third kappa shape index (κ3) is 7.28. The molecule has 3 heteroatoms. The van der Waals surface area contributed by atoms with Gasteiger partial charge < -0.3 is 10.6 Å². The Labute approximate surface area is 74.2 Å². The van der Waals surface area contributed by atoms with Crippen LogP contribution in [0.25, 0.3) is 0 Å². The molecule has 1 amide bonds. The molecule has 0 atom stereocenters. The van der Waals surface area contributed by atoms with E-state index in [2.05, 4.69) is 24.1 Å². The number of hydrogen-bond donors (Lipinski definition) is 2. The lowest BCUT2D eigenvalue weighted by molar-refractivity contribution is -0.116. The third-order valence-electron chi connectivity index (χ3n) is 1.44. The molecule has 0 saturated heterocycles. The van der Waals surface area contributed by atoms with E-state index in [1.165, 1.54) is 6.08 Å². The molecule has 0 aromatic rings. The summed E-state index contributed by atoms with van der Waals surface area (Å²) in [7, 11) is 0. The lowest BCUT2D eigenvalue weighted by Gasteiger charge is -2.03.